The van der Waals surface area contributed by atoms with Crippen molar-refractivity contribution in [3.05, 3.63) is 77.5 Å². The average Bonchev–Trinajstić information content (AvgIpc) is 3.01. The normalized spacial score (nSPS) is 10.5. The van der Waals surface area contributed by atoms with Gasteiger partial charge in [-0.25, -0.2) is 0 Å². The molecule has 105 valence electrons. The van der Waals surface area contributed by atoms with Crippen molar-refractivity contribution in [3.63, 3.8) is 0 Å². The first-order valence-corrected chi connectivity index (χ1v) is 6.63. The highest BCUT2D eigenvalue weighted by molar-refractivity contribution is 5.38. The summed E-state index contributed by atoms with van der Waals surface area (Å²) in [5, 5.41) is 4.11. The van der Waals surface area contributed by atoms with E-state index in [2.05, 4.69) is 11.2 Å². The van der Waals surface area contributed by atoms with Gasteiger partial charge in [-0.15, -0.1) is 0 Å². The second-order valence-electron chi connectivity index (χ2n) is 4.44. The van der Waals surface area contributed by atoms with Crippen molar-refractivity contribution >= 4 is 0 Å². The smallest absolute Gasteiger partial charge is 0.255 e. The van der Waals surface area contributed by atoms with Gasteiger partial charge in [-0.05, 0) is 24.3 Å². The Morgan fingerprint density at radius 2 is 2.14 bits per heavy atom. The molecule has 0 bridgehead atoms. The first kappa shape index (κ1) is 13.2. The third-order valence-corrected chi connectivity index (χ3v) is 3.00. The molecular weight excluding hydrogens is 266 g/mol. The Hall–Kier alpha value is -2.82. The van der Waals surface area contributed by atoms with Gasteiger partial charge in [-0.3, -0.25) is 14.0 Å². The SMILES string of the molecule is O=c1ccccn1-c1cc[c]c(OCCn2cccn2)c1. The Morgan fingerprint density at radius 3 is 2.95 bits per heavy atom. The Morgan fingerprint density at radius 1 is 1.19 bits per heavy atom. The van der Waals surface area contributed by atoms with Crippen LogP contribution in [0.2, 0.25) is 0 Å². The summed E-state index contributed by atoms with van der Waals surface area (Å²) in [6.45, 7) is 1.15. The third-order valence-electron chi connectivity index (χ3n) is 3.00. The highest BCUT2D eigenvalue weighted by Crippen LogP contribution is 2.14. The maximum Gasteiger partial charge on any atom is 0.255 e. The van der Waals surface area contributed by atoms with Gasteiger partial charge in [-0.1, -0.05) is 6.07 Å². The molecule has 5 nitrogen and oxygen atoms in total. The number of benzene rings is 1. The molecule has 0 fully saturated rings. The van der Waals surface area contributed by atoms with Crippen LogP contribution in [0.4, 0.5) is 0 Å². The quantitative estimate of drug-likeness (QED) is 0.717. The molecule has 2 aromatic heterocycles. The molecule has 1 radical (unpaired) electrons. The van der Waals surface area contributed by atoms with Crippen LogP contribution in [0.15, 0.2) is 65.8 Å². The predicted octanol–water partition coefficient (Wildman–Crippen LogP) is 1.91. The summed E-state index contributed by atoms with van der Waals surface area (Å²) in [7, 11) is 0. The molecule has 0 saturated heterocycles. The summed E-state index contributed by atoms with van der Waals surface area (Å²) in [5.74, 6) is 0.607. The average molecular weight is 280 g/mol. The highest BCUT2D eigenvalue weighted by Gasteiger charge is 2.01. The minimum absolute atomic E-state index is 0.0776. The molecule has 0 aliphatic heterocycles. The van der Waals surface area contributed by atoms with Crippen LogP contribution in [0.3, 0.4) is 0 Å². The van der Waals surface area contributed by atoms with Crippen LogP contribution in [-0.4, -0.2) is 21.0 Å². The molecule has 0 aliphatic rings. The van der Waals surface area contributed by atoms with Gasteiger partial charge in [0.15, 0.2) is 0 Å². The standard InChI is InChI=1S/C16H14N3O2/c20-16-7-1-2-10-19(16)14-5-3-6-15(13-14)21-12-11-18-9-4-8-17-18/h1-5,7-10,13H,11-12H2. The second kappa shape index (κ2) is 6.09. The molecule has 21 heavy (non-hydrogen) atoms. The topological polar surface area (TPSA) is 49.0 Å². The molecule has 0 N–H and O–H groups in total. The van der Waals surface area contributed by atoms with E-state index in [1.807, 2.05) is 24.4 Å². The fourth-order valence-corrected chi connectivity index (χ4v) is 1.99. The Labute approximate surface area is 122 Å². The monoisotopic (exact) mass is 280 g/mol. The lowest BCUT2D eigenvalue weighted by molar-refractivity contribution is 0.290. The van der Waals surface area contributed by atoms with E-state index in [9.17, 15) is 4.79 Å². The van der Waals surface area contributed by atoms with Crippen molar-refractivity contribution in [2.45, 2.75) is 6.54 Å². The van der Waals surface area contributed by atoms with Crippen LogP contribution in [-0.2, 0) is 6.54 Å². The van der Waals surface area contributed by atoms with Crippen LogP contribution in [0, 0.1) is 6.07 Å². The van der Waals surface area contributed by atoms with Gasteiger partial charge in [0.1, 0.15) is 12.4 Å². The lowest BCUT2D eigenvalue weighted by Gasteiger charge is -2.09. The van der Waals surface area contributed by atoms with Crippen molar-refractivity contribution in [3.8, 4) is 11.4 Å². The summed E-state index contributed by atoms with van der Waals surface area (Å²) in [6.07, 6.45) is 5.34. The highest BCUT2D eigenvalue weighted by atomic mass is 16.5. The lowest BCUT2D eigenvalue weighted by Crippen LogP contribution is -2.15. The number of hydrogen-bond donors (Lipinski definition) is 0. The largest absolute Gasteiger partial charge is 0.491 e. The zero-order valence-electron chi connectivity index (χ0n) is 11.3. The van der Waals surface area contributed by atoms with E-state index in [0.29, 0.717) is 18.9 Å². The van der Waals surface area contributed by atoms with Crippen molar-refractivity contribution in [2.75, 3.05) is 6.61 Å². The minimum Gasteiger partial charge on any atom is -0.491 e. The number of aromatic nitrogens is 3. The second-order valence-corrected chi connectivity index (χ2v) is 4.44. The van der Waals surface area contributed by atoms with Gasteiger partial charge in [0.05, 0.1) is 12.2 Å². The van der Waals surface area contributed by atoms with Crippen molar-refractivity contribution in [2.24, 2.45) is 0 Å². The van der Waals surface area contributed by atoms with E-state index in [0.717, 1.165) is 5.69 Å². The van der Waals surface area contributed by atoms with Gasteiger partial charge in [0.2, 0.25) is 0 Å². The van der Waals surface area contributed by atoms with Crippen LogP contribution >= 0.6 is 0 Å². The minimum atomic E-state index is -0.0776. The van der Waals surface area contributed by atoms with Crippen LogP contribution in [0.5, 0.6) is 5.75 Å². The Balaban J connectivity index is 1.71. The molecule has 0 atom stereocenters. The third kappa shape index (κ3) is 3.20. The molecule has 2 heterocycles. The van der Waals surface area contributed by atoms with Gasteiger partial charge < -0.3 is 4.74 Å². The molecule has 0 amide bonds. The van der Waals surface area contributed by atoms with Crippen molar-refractivity contribution < 1.29 is 4.74 Å². The lowest BCUT2D eigenvalue weighted by atomic mass is 10.3. The summed E-state index contributed by atoms with van der Waals surface area (Å²) < 4.78 is 9.01. The molecule has 0 spiro atoms. The Bertz CT molecular complexity index is 763. The number of ether oxygens (including phenoxy) is 1. The first-order chi connectivity index (χ1) is 10.3. The number of rotatable bonds is 5. The first-order valence-electron chi connectivity index (χ1n) is 6.63. The zero-order valence-corrected chi connectivity index (χ0v) is 11.3. The van der Waals surface area contributed by atoms with Gasteiger partial charge >= 0.3 is 0 Å². The molecule has 3 rings (SSSR count). The summed E-state index contributed by atoms with van der Waals surface area (Å²) in [6, 6.07) is 15.3. The summed E-state index contributed by atoms with van der Waals surface area (Å²) in [5.41, 5.74) is 0.680. The maximum absolute atomic E-state index is 11.8. The summed E-state index contributed by atoms with van der Waals surface area (Å²) >= 11 is 0. The van der Waals surface area contributed by atoms with Crippen LogP contribution in [0.25, 0.3) is 5.69 Å². The predicted molar refractivity (Wildman–Crippen MR) is 78.6 cm³/mol. The van der Waals surface area contributed by atoms with Crippen molar-refractivity contribution in [1.29, 1.82) is 0 Å². The number of pyridine rings is 1. The molecule has 0 aliphatic carbocycles. The molecule has 0 saturated carbocycles. The molecular formula is C16H14N3O2. The van der Waals surface area contributed by atoms with E-state index in [4.69, 9.17) is 4.74 Å². The molecule has 3 aromatic rings. The Kier molecular flexibility index (Phi) is 3.82. The van der Waals surface area contributed by atoms with E-state index in [1.165, 1.54) is 6.07 Å². The van der Waals surface area contributed by atoms with E-state index < -0.39 is 0 Å². The van der Waals surface area contributed by atoms with Crippen LogP contribution in [0.1, 0.15) is 0 Å². The maximum atomic E-state index is 11.8. The molecule has 5 heteroatoms. The number of nitrogens with zero attached hydrogens (tertiary/aromatic N) is 3. The van der Waals surface area contributed by atoms with Crippen LogP contribution < -0.4 is 10.3 Å². The van der Waals surface area contributed by atoms with Gasteiger partial charge in [0.25, 0.3) is 5.56 Å². The van der Waals surface area contributed by atoms with E-state index in [1.54, 1.807) is 39.8 Å². The van der Waals surface area contributed by atoms with Gasteiger partial charge in [0, 0.05) is 36.8 Å². The fraction of sp³-hybridized carbons (Fsp3) is 0.125. The molecule has 1 aromatic carbocycles. The number of hydrogen-bond acceptors (Lipinski definition) is 3. The molecule has 0 unspecified atom stereocenters. The zero-order chi connectivity index (χ0) is 14.5. The summed E-state index contributed by atoms with van der Waals surface area (Å²) in [4.78, 5) is 11.8. The van der Waals surface area contributed by atoms with E-state index >= 15 is 0 Å². The van der Waals surface area contributed by atoms with E-state index in [-0.39, 0.29) is 5.56 Å². The fourth-order valence-electron chi connectivity index (χ4n) is 1.99. The van der Waals surface area contributed by atoms with Crippen molar-refractivity contribution in [1.82, 2.24) is 14.3 Å². The van der Waals surface area contributed by atoms with Gasteiger partial charge in [-0.2, -0.15) is 5.10 Å².